The van der Waals surface area contributed by atoms with E-state index in [0.29, 0.717) is 25.0 Å². The lowest BCUT2D eigenvalue weighted by molar-refractivity contribution is -0.134. The van der Waals surface area contributed by atoms with Crippen molar-refractivity contribution in [1.29, 1.82) is 0 Å². The monoisotopic (exact) mass is 254 g/mol. The van der Waals surface area contributed by atoms with Crippen molar-refractivity contribution in [3.63, 3.8) is 0 Å². The summed E-state index contributed by atoms with van der Waals surface area (Å²) in [6.45, 7) is 9.83. The Bertz CT molecular complexity index is 313. The topological polar surface area (TPSA) is 41.6 Å². The maximum absolute atomic E-state index is 12.5. The Hall–Kier alpha value is -0.610. The van der Waals surface area contributed by atoms with Crippen molar-refractivity contribution in [3.8, 4) is 0 Å². The lowest BCUT2D eigenvalue weighted by Gasteiger charge is -2.31. The van der Waals surface area contributed by atoms with Gasteiger partial charge in [0.1, 0.15) is 0 Å². The zero-order valence-electron chi connectivity index (χ0n) is 12.0. The number of ether oxygens (including phenoxy) is 1. The van der Waals surface area contributed by atoms with Crippen LogP contribution >= 0.6 is 0 Å². The molecular weight excluding hydrogens is 228 g/mol. The molecule has 1 heterocycles. The Morgan fingerprint density at radius 2 is 2.11 bits per heavy atom. The molecule has 2 aliphatic rings. The van der Waals surface area contributed by atoms with Crippen molar-refractivity contribution in [1.82, 2.24) is 10.2 Å². The normalized spacial score (nSPS) is 27.3. The molecule has 4 nitrogen and oxygen atoms in total. The summed E-state index contributed by atoms with van der Waals surface area (Å²) in [6, 6.07) is 0.161. The average Bonchev–Trinajstić information content (AvgIpc) is 3.00. The molecule has 2 unspecified atom stereocenters. The number of carbonyl (C=O) groups is 1. The summed E-state index contributed by atoms with van der Waals surface area (Å²) in [5.74, 6) is 0.881. The highest BCUT2D eigenvalue weighted by Gasteiger charge is 2.59. The molecule has 2 rings (SSSR count). The molecule has 0 aromatic heterocycles. The van der Waals surface area contributed by atoms with Crippen LogP contribution in [0, 0.1) is 5.92 Å². The third kappa shape index (κ3) is 2.54. The van der Waals surface area contributed by atoms with Crippen LogP contribution in [0.15, 0.2) is 0 Å². The molecule has 4 heteroatoms. The molecule has 0 bridgehead atoms. The Kier molecular flexibility index (Phi) is 3.97. The van der Waals surface area contributed by atoms with Crippen LogP contribution in [0.5, 0.6) is 0 Å². The van der Waals surface area contributed by atoms with E-state index in [1.807, 2.05) is 11.8 Å². The van der Waals surface area contributed by atoms with Crippen LogP contribution in [0.2, 0.25) is 0 Å². The minimum absolute atomic E-state index is 0.161. The largest absolute Gasteiger partial charge is 0.380 e. The third-order valence-corrected chi connectivity index (χ3v) is 3.91. The van der Waals surface area contributed by atoms with Gasteiger partial charge in [-0.15, -0.1) is 0 Å². The van der Waals surface area contributed by atoms with E-state index in [-0.39, 0.29) is 17.7 Å². The zero-order chi connectivity index (χ0) is 13.3. The summed E-state index contributed by atoms with van der Waals surface area (Å²) < 4.78 is 5.48. The number of hydrogen-bond donors (Lipinski definition) is 1. The van der Waals surface area contributed by atoms with Gasteiger partial charge in [-0.2, -0.15) is 0 Å². The molecule has 18 heavy (non-hydrogen) atoms. The molecule has 1 spiro atoms. The summed E-state index contributed by atoms with van der Waals surface area (Å²) in [6.07, 6.45) is 3.20. The van der Waals surface area contributed by atoms with Crippen LogP contribution in [0.1, 0.15) is 47.0 Å². The van der Waals surface area contributed by atoms with E-state index < -0.39 is 0 Å². The van der Waals surface area contributed by atoms with E-state index in [1.165, 1.54) is 0 Å². The Morgan fingerprint density at radius 1 is 1.44 bits per heavy atom. The molecule has 0 radical (unpaired) electrons. The molecule has 1 aliphatic carbocycles. The number of rotatable bonds is 6. The maximum atomic E-state index is 12.5. The highest BCUT2D eigenvalue weighted by Crippen LogP contribution is 2.43. The number of nitrogens with zero attached hydrogens (tertiary/aromatic N) is 1. The van der Waals surface area contributed by atoms with Gasteiger partial charge in [0.05, 0.1) is 24.4 Å². The van der Waals surface area contributed by atoms with Crippen molar-refractivity contribution in [3.05, 3.63) is 0 Å². The van der Waals surface area contributed by atoms with E-state index in [0.717, 1.165) is 19.3 Å². The maximum Gasteiger partial charge on any atom is 0.244 e. The average molecular weight is 254 g/mol. The summed E-state index contributed by atoms with van der Waals surface area (Å²) in [4.78, 5) is 14.5. The Labute approximate surface area is 110 Å². The molecule has 2 fully saturated rings. The molecule has 1 amide bonds. The molecule has 1 saturated heterocycles. The number of hydrogen-bond acceptors (Lipinski definition) is 3. The van der Waals surface area contributed by atoms with Crippen molar-refractivity contribution in [2.75, 3.05) is 13.2 Å². The van der Waals surface area contributed by atoms with Crippen molar-refractivity contribution in [2.45, 2.75) is 64.7 Å². The minimum atomic E-state index is -0.208. The third-order valence-electron chi connectivity index (χ3n) is 3.91. The Balaban J connectivity index is 2.05. The smallest absolute Gasteiger partial charge is 0.244 e. The van der Waals surface area contributed by atoms with Gasteiger partial charge in [0.25, 0.3) is 0 Å². The summed E-state index contributed by atoms with van der Waals surface area (Å²) in [5, 5.41) is 3.55. The summed E-state index contributed by atoms with van der Waals surface area (Å²) in [7, 11) is 0. The standard InChI is InChI=1S/C14H26N2O2/c1-5-18-9-11(4)16-12(8-10(2)3)15-14(6-7-14)13(16)17/h10-12,15H,5-9H2,1-4H3. The Morgan fingerprint density at radius 3 is 2.61 bits per heavy atom. The molecule has 0 aromatic rings. The van der Waals surface area contributed by atoms with Crippen LogP contribution in [-0.2, 0) is 9.53 Å². The predicted octanol–water partition coefficient (Wildman–Crippen LogP) is 1.75. The molecule has 2 atom stereocenters. The quantitative estimate of drug-likeness (QED) is 0.785. The number of nitrogens with one attached hydrogen (secondary N) is 1. The lowest BCUT2D eigenvalue weighted by Crippen LogP contribution is -2.46. The second-order valence-electron chi connectivity index (χ2n) is 6.09. The molecule has 1 aliphatic heterocycles. The van der Waals surface area contributed by atoms with Crippen LogP contribution in [0.4, 0.5) is 0 Å². The molecular formula is C14H26N2O2. The molecule has 104 valence electrons. The molecule has 0 aromatic carbocycles. The first-order valence-electron chi connectivity index (χ1n) is 7.18. The van der Waals surface area contributed by atoms with Gasteiger partial charge < -0.3 is 9.64 Å². The van der Waals surface area contributed by atoms with Crippen LogP contribution in [0.3, 0.4) is 0 Å². The highest BCUT2D eigenvalue weighted by atomic mass is 16.5. The fourth-order valence-corrected chi connectivity index (χ4v) is 2.82. The predicted molar refractivity (Wildman–Crippen MR) is 71.1 cm³/mol. The van der Waals surface area contributed by atoms with Gasteiger partial charge in [-0.3, -0.25) is 10.1 Å². The van der Waals surface area contributed by atoms with Crippen LogP contribution in [0.25, 0.3) is 0 Å². The fourth-order valence-electron chi connectivity index (χ4n) is 2.82. The van der Waals surface area contributed by atoms with Crippen molar-refractivity contribution >= 4 is 5.91 Å². The van der Waals surface area contributed by atoms with E-state index in [9.17, 15) is 4.79 Å². The second-order valence-corrected chi connectivity index (χ2v) is 6.09. The van der Waals surface area contributed by atoms with E-state index >= 15 is 0 Å². The first kappa shape index (κ1) is 13.8. The van der Waals surface area contributed by atoms with Gasteiger partial charge in [-0.05, 0) is 39.0 Å². The van der Waals surface area contributed by atoms with E-state index in [2.05, 4.69) is 26.1 Å². The number of amides is 1. The summed E-state index contributed by atoms with van der Waals surface area (Å²) in [5.41, 5.74) is -0.208. The first-order chi connectivity index (χ1) is 8.50. The zero-order valence-corrected chi connectivity index (χ0v) is 12.0. The second kappa shape index (κ2) is 5.17. The fraction of sp³-hybridized carbons (Fsp3) is 0.929. The van der Waals surface area contributed by atoms with Gasteiger partial charge in [0.15, 0.2) is 0 Å². The van der Waals surface area contributed by atoms with E-state index in [1.54, 1.807) is 0 Å². The van der Waals surface area contributed by atoms with Gasteiger partial charge in [0.2, 0.25) is 5.91 Å². The van der Waals surface area contributed by atoms with Crippen LogP contribution < -0.4 is 5.32 Å². The summed E-state index contributed by atoms with van der Waals surface area (Å²) >= 11 is 0. The van der Waals surface area contributed by atoms with E-state index in [4.69, 9.17) is 4.74 Å². The van der Waals surface area contributed by atoms with Crippen molar-refractivity contribution in [2.24, 2.45) is 5.92 Å². The first-order valence-corrected chi connectivity index (χ1v) is 7.18. The highest BCUT2D eigenvalue weighted by molar-refractivity contribution is 5.92. The minimum Gasteiger partial charge on any atom is -0.380 e. The number of carbonyl (C=O) groups excluding carboxylic acids is 1. The lowest BCUT2D eigenvalue weighted by atomic mass is 10.1. The van der Waals surface area contributed by atoms with Gasteiger partial charge >= 0.3 is 0 Å². The van der Waals surface area contributed by atoms with Crippen molar-refractivity contribution < 1.29 is 9.53 Å². The van der Waals surface area contributed by atoms with Gasteiger partial charge in [-0.25, -0.2) is 0 Å². The van der Waals surface area contributed by atoms with Gasteiger partial charge in [-0.1, -0.05) is 13.8 Å². The van der Waals surface area contributed by atoms with Gasteiger partial charge in [0, 0.05) is 6.61 Å². The van der Waals surface area contributed by atoms with Crippen LogP contribution in [-0.4, -0.2) is 41.8 Å². The molecule has 1 N–H and O–H groups in total. The molecule has 1 saturated carbocycles. The SMILES string of the molecule is CCOCC(C)N1C(=O)C2(CC2)NC1CC(C)C.